The fraction of sp³-hybridized carbons (Fsp3) is 0.381. The second-order valence-electron chi connectivity index (χ2n) is 6.35. The van der Waals surface area contributed by atoms with Gasteiger partial charge in [-0.2, -0.15) is 11.8 Å². The van der Waals surface area contributed by atoms with Gasteiger partial charge in [-0.05, 0) is 38.1 Å². The predicted octanol–water partition coefficient (Wildman–Crippen LogP) is 4.67. The topological polar surface area (TPSA) is 47.6 Å². The van der Waals surface area contributed by atoms with E-state index >= 15 is 0 Å². The number of anilines is 1. The smallest absolute Gasteiger partial charge is 0.225 e. The van der Waals surface area contributed by atoms with Crippen molar-refractivity contribution in [2.75, 3.05) is 17.7 Å². The second kappa shape index (κ2) is 8.99. The standard InChI is InChI=1S/C21H25NO3S/c1-3-24-19-12-16-11-15(2)25-20(16)13-17(19)14-26-10-9-21(23)22-18-7-5-4-6-8-18/h4-8,12-13,15H,3,9-11,14H2,1-2H3,(H,22,23). The molecular formula is C21H25NO3S. The molecule has 3 rings (SSSR count). The van der Waals surface area contributed by atoms with Crippen molar-refractivity contribution in [3.63, 3.8) is 0 Å². The van der Waals surface area contributed by atoms with Gasteiger partial charge in [-0.15, -0.1) is 0 Å². The molecule has 0 aromatic heterocycles. The molecule has 2 aromatic rings. The number of hydrogen-bond acceptors (Lipinski definition) is 4. The molecule has 4 nitrogen and oxygen atoms in total. The summed E-state index contributed by atoms with van der Waals surface area (Å²) in [6.07, 6.45) is 1.65. The van der Waals surface area contributed by atoms with E-state index in [-0.39, 0.29) is 12.0 Å². The highest BCUT2D eigenvalue weighted by Crippen LogP contribution is 2.36. The van der Waals surface area contributed by atoms with Gasteiger partial charge in [-0.25, -0.2) is 0 Å². The van der Waals surface area contributed by atoms with Gasteiger partial charge in [0.25, 0.3) is 0 Å². The number of benzene rings is 2. The summed E-state index contributed by atoms with van der Waals surface area (Å²) in [5, 5.41) is 2.91. The van der Waals surface area contributed by atoms with Crippen LogP contribution in [-0.2, 0) is 17.0 Å². The highest BCUT2D eigenvalue weighted by Gasteiger charge is 2.21. The molecule has 1 aliphatic rings. The lowest BCUT2D eigenvalue weighted by Crippen LogP contribution is -2.12. The van der Waals surface area contributed by atoms with Gasteiger partial charge >= 0.3 is 0 Å². The monoisotopic (exact) mass is 371 g/mol. The van der Waals surface area contributed by atoms with Crippen LogP contribution in [0.25, 0.3) is 0 Å². The molecule has 1 amide bonds. The molecule has 0 spiro atoms. The van der Waals surface area contributed by atoms with E-state index in [1.54, 1.807) is 11.8 Å². The van der Waals surface area contributed by atoms with Crippen LogP contribution >= 0.6 is 11.8 Å². The molecule has 5 heteroatoms. The van der Waals surface area contributed by atoms with E-state index in [0.29, 0.717) is 13.0 Å². The number of hydrogen-bond donors (Lipinski definition) is 1. The Morgan fingerprint density at radius 3 is 2.88 bits per heavy atom. The van der Waals surface area contributed by atoms with Gasteiger partial charge in [-0.3, -0.25) is 4.79 Å². The van der Waals surface area contributed by atoms with Crippen LogP contribution in [0.2, 0.25) is 0 Å². The molecular weight excluding hydrogens is 346 g/mol. The third-order valence-electron chi connectivity index (χ3n) is 4.17. The molecule has 1 unspecified atom stereocenters. The van der Waals surface area contributed by atoms with Gasteiger partial charge in [0, 0.05) is 41.2 Å². The number of ether oxygens (including phenoxy) is 2. The zero-order valence-corrected chi connectivity index (χ0v) is 16.1. The Hall–Kier alpha value is -2.14. The zero-order valence-electron chi connectivity index (χ0n) is 15.3. The largest absolute Gasteiger partial charge is 0.494 e. The van der Waals surface area contributed by atoms with Gasteiger partial charge in [-0.1, -0.05) is 18.2 Å². The molecule has 0 saturated heterocycles. The third kappa shape index (κ3) is 4.94. The van der Waals surface area contributed by atoms with Crippen molar-refractivity contribution in [3.8, 4) is 11.5 Å². The van der Waals surface area contributed by atoms with Crippen LogP contribution in [0.4, 0.5) is 5.69 Å². The van der Waals surface area contributed by atoms with E-state index in [4.69, 9.17) is 9.47 Å². The van der Waals surface area contributed by atoms with E-state index in [0.717, 1.165) is 40.7 Å². The predicted molar refractivity (Wildman–Crippen MR) is 107 cm³/mol. The first kappa shape index (κ1) is 18.6. The molecule has 0 fully saturated rings. The lowest BCUT2D eigenvalue weighted by Gasteiger charge is -2.12. The first-order valence-electron chi connectivity index (χ1n) is 9.03. The molecule has 1 atom stereocenters. The van der Waals surface area contributed by atoms with Crippen molar-refractivity contribution in [2.45, 2.75) is 38.5 Å². The van der Waals surface area contributed by atoms with Crippen LogP contribution in [0, 0.1) is 0 Å². The molecule has 26 heavy (non-hydrogen) atoms. The summed E-state index contributed by atoms with van der Waals surface area (Å²) >= 11 is 1.74. The number of fused-ring (bicyclic) bond motifs is 1. The van der Waals surface area contributed by atoms with E-state index in [2.05, 4.69) is 24.4 Å². The second-order valence-corrected chi connectivity index (χ2v) is 7.46. The van der Waals surface area contributed by atoms with Crippen molar-refractivity contribution in [1.29, 1.82) is 0 Å². The molecule has 0 bridgehead atoms. The van der Waals surface area contributed by atoms with E-state index in [1.165, 1.54) is 5.56 Å². The quantitative estimate of drug-likeness (QED) is 0.685. The molecule has 2 aromatic carbocycles. The minimum atomic E-state index is 0.0415. The Morgan fingerprint density at radius 2 is 2.12 bits per heavy atom. The van der Waals surface area contributed by atoms with Gasteiger partial charge in [0.2, 0.25) is 5.91 Å². The molecule has 1 aliphatic heterocycles. The lowest BCUT2D eigenvalue weighted by molar-refractivity contribution is -0.115. The Bertz CT molecular complexity index is 748. The summed E-state index contributed by atoms with van der Waals surface area (Å²) in [5.41, 5.74) is 3.19. The number of rotatable bonds is 8. The number of amides is 1. The Morgan fingerprint density at radius 1 is 1.31 bits per heavy atom. The average Bonchev–Trinajstić information content (AvgIpc) is 2.98. The zero-order chi connectivity index (χ0) is 18.4. The van der Waals surface area contributed by atoms with E-state index in [9.17, 15) is 4.79 Å². The minimum absolute atomic E-state index is 0.0415. The molecule has 138 valence electrons. The highest BCUT2D eigenvalue weighted by molar-refractivity contribution is 7.98. The van der Waals surface area contributed by atoms with E-state index in [1.807, 2.05) is 37.3 Å². The number of carbonyl (C=O) groups excluding carboxylic acids is 1. The summed E-state index contributed by atoms with van der Waals surface area (Å²) < 4.78 is 11.7. The summed E-state index contributed by atoms with van der Waals surface area (Å²) in [4.78, 5) is 12.0. The SMILES string of the molecule is CCOc1cc2c(cc1CSCCC(=O)Nc1ccccc1)OC(C)C2. The third-order valence-corrected chi connectivity index (χ3v) is 5.18. The van der Waals surface area contributed by atoms with Crippen LogP contribution in [0.15, 0.2) is 42.5 Å². The molecule has 1 heterocycles. The normalized spacial score (nSPS) is 15.2. The van der Waals surface area contributed by atoms with Crippen LogP contribution in [-0.4, -0.2) is 24.4 Å². The lowest BCUT2D eigenvalue weighted by atomic mass is 10.1. The average molecular weight is 372 g/mol. The summed E-state index contributed by atoms with van der Waals surface area (Å²) in [6, 6.07) is 13.8. The van der Waals surface area contributed by atoms with Crippen LogP contribution in [0.3, 0.4) is 0 Å². The van der Waals surface area contributed by atoms with Crippen LogP contribution in [0.5, 0.6) is 11.5 Å². The minimum Gasteiger partial charge on any atom is -0.494 e. The Kier molecular flexibility index (Phi) is 6.45. The molecule has 1 N–H and O–H groups in total. The van der Waals surface area contributed by atoms with Crippen molar-refractivity contribution in [3.05, 3.63) is 53.6 Å². The maximum Gasteiger partial charge on any atom is 0.225 e. The summed E-state index contributed by atoms with van der Waals surface area (Å²) in [6.45, 7) is 4.73. The van der Waals surface area contributed by atoms with Gasteiger partial charge in [0.1, 0.15) is 17.6 Å². The summed E-state index contributed by atoms with van der Waals surface area (Å²) in [5.74, 6) is 3.51. The van der Waals surface area contributed by atoms with Crippen LogP contribution < -0.4 is 14.8 Å². The Labute approximate surface area is 159 Å². The van der Waals surface area contributed by atoms with Gasteiger partial charge in [0.05, 0.1) is 6.61 Å². The first-order chi connectivity index (χ1) is 12.7. The molecule has 0 saturated carbocycles. The maximum atomic E-state index is 12.0. The van der Waals surface area contributed by atoms with Crippen LogP contribution in [0.1, 0.15) is 31.4 Å². The maximum absolute atomic E-state index is 12.0. The fourth-order valence-corrected chi connectivity index (χ4v) is 3.90. The molecule has 0 aliphatic carbocycles. The van der Waals surface area contributed by atoms with Crippen molar-refractivity contribution in [2.24, 2.45) is 0 Å². The van der Waals surface area contributed by atoms with Crippen molar-refractivity contribution < 1.29 is 14.3 Å². The fourth-order valence-electron chi connectivity index (χ4n) is 2.98. The molecule has 0 radical (unpaired) electrons. The highest BCUT2D eigenvalue weighted by atomic mass is 32.2. The number of carbonyl (C=O) groups is 1. The number of thioether (sulfide) groups is 1. The first-order valence-corrected chi connectivity index (χ1v) is 10.2. The number of para-hydroxylation sites is 1. The van der Waals surface area contributed by atoms with Gasteiger partial charge < -0.3 is 14.8 Å². The van der Waals surface area contributed by atoms with Crippen molar-refractivity contribution >= 4 is 23.4 Å². The van der Waals surface area contributed by atoms with Crippen molar-refractivity contribution in [1.82, 2.24) is 0 Å². The number of nitrogens with one attached hydrogen (secondary N) is 1. The van der Waals surface area contributed by atoms with E-state index < -0.39 is 0 Å². The Balaban J connectivity index is 1.51. The van der Waals surface area contributed by atoms with Gasteiger partial charge in [0.15, 0.2) is 0 Å². The summed E-state index contributed by atoms with van der Waals surface area (Å²) in [7, 11) is 0.